The van der Waals surface area contributed by atoms with Gasteiger partial charge >= 0.3 is 0 Å². The van der Waals surface area contributed by atoms with Crippen molar-refractivity contribution in [1.82, 2.24) is 10.2 Å². The second-order valence-corrected chi connectivity index (χ2v) is 5.67. The van der Waals surface area contributed by atoms with Crippen LogP contribution >= 0.6 is 11.6 Å². The fourth-order valence-corrected chi connectivity index (χ4v) is 1.72. The lowest BCUT2D eigenvalue weighted by atomic mass is 9.87. The molecule has 2 aromatic rings. The van der Waals surface area contributed by atoms with E-state index in [1.54, 1.807) is 6.07 Å². The minimum Gasteiger partial charge on any atom is -0.435 e. The fourth-order valence-electron chi connectivity index (χ4n) is 1.58. The highest BCUT2D eigenvalue weighted by Crippen LogP contribution is 2.26. The van der Waals surface area contributed by atoms with Gasteiger partial charge in [0.15, 0.2) is 0 Å². The summed E-state index contributed by atoms with van der Waals surface area (Å²) in [6, 6.07) is 8.82. The lowest BCUT2D eigenvalue weighted by Gasteiger charge is -2.19. The number of nitrogens with zero attached hydrogens (tertiary/aromatic N) is 1. The quantitative estimate of drug-likeness (QED) is 0.914. The summed E-state index contributed by atoms with van der Waals surface area (Å²) in [4.78, 5) is 11.6. The molecule has 0 amide bonds. The number of aromatic nitrogens is 2. The number of hydrogen-bond donors (Lipinski definition) is 1. The molecule has 1 N–H and O–H groups in total. The first-order valence-corrected chi connectivity index (χ1v) is 6.28. The number of halogens is 1. The zero-order chi connectivity index (χ0) is 14.0. The van der Waals surface area contributed by atoms with Gasteiger partial charge in [0.25, 0.3) is 5.88 Å². The predicted octanol–water partition coefficient (Wildman–Crippen LogP) is 3.51. The first kappa shape index (κ1) is 13.6. The molecule has 0 spiro atoms. The molecule has 0 saturated carbocycles. The second kappa shape index (κ2) is 5.05. The molecule has 19 heavy (non-hydrogen) atoms. The number of aromatic amines is 1. The molecule has 0 aliphatic heterocycles. The number of rotatable bonds is 2. The van der Waals surface area contributed by atoms with Crippen molar-refractivity contribution >= 4 is 11.6 Å². The smallest absolute Gasteiger partial charge is 0.285 e. The van der Waals surface area contributed by atoms with Crippen molar-refractivity contribution in [2.24, 2.45) is 0 Å². The molecule has 0 aliphatic carbocycles. The molecule has 0 fully saturated rings. The summed E-state index contributed by atoms with van der Waals surface area (Å²) in [7, 11) is 0. The molecular formula is C14H15ClN2O2. The average Bonchev–Trinajstić information content (AvgIpc) is 2.32. The minimum atomic E-state index is -0.357. The predicted molar refractivity (Wildman–Crippen MR) is 75.1 cm³/mol. The fraction of sp³-hybridized carbons (Fsp3) is 0.286. The van der Waals surface area contributed by atoms with Gasteiger partial charge in [0.2, 0.25) is 5.43 Å². The van der Waals surface area contributed by atoms with Crippen LogP contribution in [0.5, 0.6) is 11.6 Å². The average molecular weight is 279 g/mol. The summed E-state index contributed by atoms with van der Waals surface area (Å²) in [6.07, 6.45) is 0. The Labute approximate surface area is 116 Å². The molecule has 0 atom stereocenters. The Morgan fingerprint density at radius 1 is 1.26 bits per heavy atom. The van der Waals surface area contributed by atoms with E-state index in [2.05, 4.69) is 31.0 Å². The normalized spacial score (nSPS) is 11.4. The van der Waals surface area contributed by atoms with Crippen molar-refractivity contribution < 1.29 is 4.74 Å². The lowest BCUT2D eigenvalue weighted by Crippen LogP contribution is -2.11. The third-order valence-corrected chi connectivity index (χ3v) is 2.84. The zero-order valence-corrected chi connectivity index (χ0v) is 11.8. The van der Waals surface area contributed by atoms with E-state index in [4.69, 9.17) is 16.3 Å². The van der Waals surface area contributed by atoms with Crippen LogP contribution in [0.1, 0.15) is 26.3 Å². The Balaban J connectivity index is 2.31. The minimum absolute atomic E-state index is 0.0131. The molecule has 0 radical (unpaired) electrons. The molecule has 0 unspecified atom stereocenters. The van der Waals surface area contributed by atoms with Crippen molar-refractivity contribution in [1.29, 1.82) is 0 Å². The Kier molecular flexibility index (Phi) is 3.62. The third kappa shape index (κ3) is 3.35. The number of hydrogen-bond acceptors (Lipinski definition) is 3. The van der Waals surface area contributed by atoms with Crippen LogP contribution in [0, 0.1) is 0 Å². The van der Waals surface area contributed by atoms with Gasteiger partial charge in [-0.25, -0.2) is 0 Å². The Bertz CT molecular complexity index is 644. The van der Waals surface area contributed by atoms with Gasteiger partial charge in [0, 0.05) is 6.07 Å². The van der Waals surface area contributed by atoms with Crippen LogP contribution in [-0.2, 0) is 5.41 Å². The summed E-state index contributed by atoms with van der Waals surface area (Å²) < 4.78 is 5.49. The van der Waals surface area contributed by atoms with E-state index in [-0.39, 0.29) is 21.9 Å². The summed E-state index contributed by atoms with van der Waals surface area (Å²) >= 11 is 5.63. The molecule has 1 aromatic carbocycles. The summed E-state index contributed by atoms with van der Waals surface area (Å²) in [5.74, 6) is 0.559. The van der Waals surface area contributed by atoms with E-state index < -0.39 is 0 Å². The van der Waals surface area contributed by atoms with Crippen LogP contribution in [0.2, 0.25) is 5.15 Å². The van der Waals surface area contributed by atoms with E-state index in [0.717, 1.165) is 5.56 Å². The monoisotopic (exact) mass is 278 g/mol. The molecule has 4 nitrogen and oxygen atoms in total. The number of benzene rings is 1. The van der Waals surface area contributed by atoms with Crippen LogP contribution in [0.25, 0.3) is 0 Å². The first-order chi connectivity index (χ1) is 8.86. The highest BCUT2D eigenvalue weighted by atomic mass is 35.5. The van der Waals surface area contributed by atoms with Gasteiger partial charge in [0.1, 0.15) is 10.9 Å². The number of ether oxygens (including phenoxy) is 1. The molecule has 100 valence electrons. The third-order valence-electron chi connectivity index (χ3n) is 2.65. The standard InChI is InChI=1S/C14H15ClN2O2/c1-14(2,3)9-5-4-6-10(7-9)19-13-11(18)8-12(15)16-17-13/h4-8H,1-3H3,(H,16,18). The largest absolute Gasteiger partial charge is 0.435 e. The second-order valence-electron chi connectivity index (χ2n) is 5.27. The molecular weight excluding hydrogens is 264 g/mol. The number of H-pyrrole nitrogens is 1. The lowest BCUT2D eigenvalue weighted by molar-refractivity contribution is 0.447. The topological polar surface area (TPSA) is 55.0 Å². The maximum atomic E-state index is 11.6. The van der Waals surface area contributed by atoms with Crippen molar-refractivity contribution in [2.45, 2.75) is 26.2 Å². The van der Waals surface area contributed by atoms with Crippen LogP contribution in [0.3, 0.4) is 0 Å². The summed E-state index contributed by atoms with van der Waals surface area (Å²) in [5.41, 5.74) is 0.777. The van der Waals surface area contributed by atoms with Crippen molar-refractivity contribution in [2.75, 3.05) is 0 Å². The highest BCUT2D eigenvalue weighted by molar-refractivity contribution is 6.29. The number of nitrogens with one attached hydrogen (secondary N) is 1. The van der Waals surface area contributed by atoms with Gasteiger partial charge in [-0.1, -0.05) is 44.5 Å². The van der Waals surface area contributed by atoms with Crippen LogP contribution in [0.4, 0.5) is 0 Å². The van der Waals surface area contributed by atoms with E-state index >= 15 is 0 Å². The van der Waals surface area contributed by atoms with Crippen molar-refractivity contribution in [3.8, 4) is 11.6 Å². The van der Waals surface area contributed by atoms with Crippen molar-refractivity contribution in [3.63, 3.8) is 0 Å². The van der Waals surface area contributed by atoms with E-state index in [1.165, 1.54) is 6.07 Å². The zero-order valence-electron chi connectivity index (χ0n) is 11.0. The SMILES string of the molecule is CC(C)(C)c1cccc(Oc2n[nH]c(Cl)cc2=O)c1. The van der Waals surface area contributed by atoms with Crippen LogP contribution < -0.4 is 10.2 Å². The highest BCUT2D eigenvalue weighted by Gasteiger charge is 2.14. The van der Waals surface area contributed by atoms with Crippen LogP contribution in [0.15, 0.2) is 35.1 Å². The molecule has 0 aliphatic rings. The van der Waals surface area contributed by atoms with Gasteiger partial charge in [-0.2, -0.15) is 0 Å². The molecule has 0 saturated heterocycles. The van der Waals surface area contributed by atoms with E-state index in [0.29, 0.717) is 5.75 Å². The van der Waals surface area contributed by atoms with Crippen LogP contribution in [-0.4, -0.2) is 10.2 Å². The Hall–Kier alpha value is -1.81. The summed E-state index contributed by atoms with van der Waals surface area (Å²) in [6.45, 7) is 6.33. The van der Waals surface area contributed by atoms with E-state index in [9.17, 15) is 4.79 Å². The Morgan fingerprint density at radius 2 is 2.00 bits per heavy atom. The van der Waals surface area contributed by atoms with Gasteiger partial charge in [-0.15, -0.1) is 5.10 Å². The molecule has 0 bridgehead atoms. The van der Waals surface area contributed by atoms with E-state index in [1.807, 2.05) is 18.2 Å². The van der Waals surface area contributed by atoms with Gasteiger partial charge in [-0.3, -0.25) is 9.89 Å². The Morgan fingerprint density at radius 3 is 2.63 bits per heavy atom. The molecule has 5 heteroatoms. The first-order valence-electron chi connectivity index (χ1n) is 5.90. The molecule has 2 rings (SSSR count). The van der Waals surface area contributed by atoms with Gasteiger partial charge in [0.05, 0.1) is 0 Å². The molecule has 1 heterocycles. The summed E-state index contributed by atoms with van der Waals surface area (Å²) in [5, 5.41) is 6.45. The van der Waals surface area contributed by atoms with Gasteiger partial charge < -0.3 is 4.74 Å². The maximum absolute atomic E-state index is 11.6. The van der Waals surface area contributed by atoms with Crippen molar-refractivity contribution in [3.05, 3.63) is 51.3 Å². The molecule has 1 aromatic heterocycles. The van der Waals surface area contributed by atoms with Gasteiger partial charge in [-0.05, 0) is 23.1 Å². The maximum Gasteiger partial charge on any atom is 0.285 e.